The summed E-state index contributed by atoms with van der Waals surface area (Å²) in [4.78, 5) is 33.0. The zero-order valence-electron chi connectivity index (χ0n) is 21.7. The van der Waals surface area contributed by atoms with Gasteiger partial charge < -0.3 is 9.47 Å². The van der Waals surface area contributed by atoms with Crippen molar-refractivity contribution < 1.29 is 19.1 Å². The predicted molar refractivity (Wildman–Crippen MR) is 140 cm³/mol. The molecule has 190 valence electrons. The standard InChI is InChI=1S/C28H38N2O4S/c1-7-8-26-29-22(15-35-26)20-10-12-24-23(14-20)30(27(31)19(6)33-24)18(5)28(32)34-25-13-17(4)9-11-21(25)16(2)3/h10,12,14-19,21,25H,7-9,11,13H2,1-6H3. The zero-order valence-corrected chi connectivity index (χ0v) is 22.6. The number of hydrogen-bond acceptors (Lipinski definition) is 6. The van der Waals surface area contributed by atoms with Crippen LogP contribution in [0.2, 0.25) is 0 Å². The van der Waals surface area contributed by atoms with Crippen molar-refractivity contribution in [1.82, 2.24) is 4.98 Å². The number of rotatable bonds is 7. The lowest BCUT2D eigenvalue weighted by Gasteiger charge is -2.39. The summed E-state index contributed by atoms with van der Waals surface area (Å²) in [6.45, 7) is 12.2. The number of benzene rings is 1. The summed E-state index contributed by atoms with van der Waals surface area (Å²) in [5.41, 5.74) is 2.37. The Bertz CT molecular complexity index is 1060. The summed E-state index contributed by atoms with van der Waals surface area (Å²) in [6, 6.07) is 4.99. The van der Waals surface area contributed by atoms with Crippen molar-refractivity contribution in [3.8, 4) is 17.0 Å². The molecule has 0 saturated heterocycles. The number of aryl methyl sites for hydroxylation is 1. The van der Waals surface area contributed by atoms with E-state index in [0.29, 0.717) is 29.2 Å². The Balaban J connectivity index is 1.61. The third kappa shape index (κ3) is 5.40. The van der Waals surface area contributed by atoms with E-state index in [1.165, 1.54) is 6.42 Å². The molecule has 2 aliphatic rings. The van der Waals surface area contributed by atoms with E-state index >= 15 is 0 Å². The smallest absolute Gasteiger partial charge is 0.329 e. The molecule has 35 heavy (non-hydrogen) atoms. The van der Waals surface area contributed by atoms with Gasteiger partial charge in [0.05, 0.1) is 16.4 Å². The lowest BCUT2D eigenvalue weighted by molar-refractivity contribution is -0.158. The first-order valence-corrected chi connectivity index (χ1v) is 13.9. The maximum absolute atomic E-state index is 13.4. The lowest BCUT2D eigenvalue weighted by atomic mass is 9.75. The number of ether oxygens (including phenoxy) is 2. The van der Waals surface area contributed by atoms with E-state index in [-0.39, 0.29) is 18.0 Å². The topological polar surface area (TPSA) is 68.7 Å². The number of esters is 1. The highest BCUT2D eigenvalue weighted by Gasteiger charge is 2.40. The molecule has 2 heterocycles. The number of hydrogen-bond donors (Lipinski definition) is 0. The molecule has 6 nitrogen and oxygen atoms in total. The predicted octanol–water partition coefficient (Wildman–Crippen LogP) is 6.27. The van der Waals surface area contributed by atoms with Crippen LogP contribution in [0, 0.1) is 17.8 Å². The molecule has 0 spiro atoms. The molecule has 1 fully saturated rings. The third-order valence-electron chi connectivity index (χ3n) is 7.38. The van der Waals surface area contributed by atoms with E-state index in [1.54, 1.807) is 30.1 Å². The number of anilines is 1. The molecule has 4 rings (SSSR count). The Kier molecular flexibility index (Phi) is 7.84. The van der Waals surface area contributed by atoms with Gasteiger partial charge in [-0.15, -0.1) is 11.3 Å². The normalized spacial score (nSPS) is 25.2. The van der Waals surface area contributed by atoms with Gasteiger partial charge in [0.1, 0.15) is 17.9 Å². The fourth-order valence-electron chi connectivity index (χ4n) is 5.30. The van der Waals surface area contributed by atoms with E-state index in [2.05, 4.69) is 27.7 Å². The first kappa shape index (κ1) is 25.7. The average Bonchev–Trinajstić information content (AvgIpc) is 3.28. The molecule has 5 unspecified atom stereocenters. The molecule has 1 aromatic carbocycles. The van der Waals surface area contributed by atoms with Crippen LogP contribution in [0.15, 0.2) is 23.6 Å². The number of fused-ring (bicyclic) bond motifs is 1. The molecule has 7 heteroatoms. The van der Waals surface area contributed by atoms with Crippen LogP contribution < -0.4 is 9.64 Å². The minimum Gasteiger partial charge on any atom is -0.479 e. The second-order valence-corrected chi connectivity index (χ2v) is 11.4. The molecule has 0 bridgehead atoms. The monoisotopic (exact) mass is 498 g/mol. The summed E-state index contributed by atoms with van der Waals surface area (Å²) in [5.74, 6) is 1.33. The van der Waals surface area contributed by atoms with Crippen molar-refractivity contribution in [3.05, 3.63) is 28.6 Å². The van der Waals surface area contributed by atoms with Crippen LogP contribution >= 0.6 is 11.3 Å². The van der Waals surface area contributed by atoms with Gasteiger partial charge in [-0.3, -0.25) is 9.69 Å². The van der Waals surface area contributed by atoms with Gasteiger partial charge in [-0.1, -0.05) is 34.1 Å². The molecule has 1 amide bonds. The Morgan fingerprint density at radius 1 is 1.26 bits per heavy atom. The minimum absolute atomic E-state index is 0.111. The van der Waals surface area contributed by atoms with Crippen molar-refractivity contribution in [1.29, 1.82) is 0 Å². The number of carbonyl (C=O) groups excluding carboxylic acids is 2. The van der Waals surface area contributed by atoms with Gasteiger partial charge in [0.2, 0.25) is 0 Å². The largest absolute Gasteiger partial charge is 0.479 e. The third-order valence-corrected chi connectivity index (χ3v) is 8.28. The van der Waals surface area contributed by atoms with Crippen molar-refractivity contribution in [3.63, 3.8) is 0 Å². The second-order valence-electron chi connectivity index (χ2n) is 10.5. The second kappa shape index (κ2) is 10.7. The number of nitrogens with zero attached hydrogens (tertiary/aromatic N) is 2. The van der Waals surface area contributed by atoms with Crippen molar-refractivity contribution in [2.45, 2.75) is 91.9 Å². The Labute approximate surface area is 213 Å². The number of aromatic nitrogens is 1. The van der Waals surface area contributed by atoms with Gasteiger partial charge >= 0.3 is 5.97 Å². The Morgan fingerprint density at radius 3 is 2.74 bits per heavy atom. The van der Waals surface area contributed by atoms with Gasteiger partial charge in [-0.2, -0.15) is 0 Å². The van der Waals surface area contributed by atoms with Crippen LogP contribution in [0.1, 0.15) is 72.2 Å². The van der Waals surface area contributed by atoms with Crippen LogP contribution in [-0.2, 0) is 20.7 Å². The quantitative estimate of drug-likeness (QED) is 0.421. The highest BCUT2D eigenvalue weighted by Crippen LogP contribution is 2.40. The van der Waals surface area contributed by atoms with E-state index in [1.807, 2.05) is 23.6 Å². The van der Waals surface area contributed by atoms with E-state index in [9.17, 15) is 9.59 Å². The van der Waals surface area contributed by atoms with Crippen molar-refractivity contribution >= 4 is 28.9 Å². The summed E-state index contributed by atoms with van der Waals surface area (Å²) in [6.07, 6.45) is 4.32. The van der Waals surface area contributed by atoms with Crippen LogP contribution in [0.25, 0.3) is 11.3 Å². The van der Waals surface area contributed by atoms with Gasteiger partial charge in [-0.25, -0.2) is 9.78 Å². The molecule has 0 radical (unpaired) electrons. The zero-order chi connectivity index (χ0) is 25.3. The number of amides is 1. The highest BCUT2D eigenvalue weighted by atomic mass is 32.1. The first-order valence-electron chi connectivity index (χ1n) is 13.0. The summed E-state index contributed by atoms with van der Waals surface area (Å²) >= 11 is 1.64. The Hall–Kier alpha value is -2.41. The fourth-order valence-corrected chi connectivity index (χ4v) is 6.20. The van der Waals surface area contributed by atoms with Gasteiger partial charge in [0.15, 0.2) is 6.10 Å². The maximum atomic E-state index is 13.4. The molecule has 1 aromatic heterocycles. The first-order chi connectivity index (χ1) is 16.7. The summed E-state index contributed by atoms with van der Waals surface area (Å²) in [7, 11) is 0. The van der Waals surface area contributed by atoms with Crippen molar-refractivity contribution in [2.75, 3.05) is 4.90 Å². The number of thiazole rings is 1. The van der Waals surface area contributed by atoms with Crippen molar-refractivity contribution in [2.24, 2.45) is 17.8 Å². The molecule has 2 aromatic rings. The molecular weight excluding hydrogens is 460 g/mol. The maximum Gasteiger partial charge on any atom is 0.329 e. The average molecular weight is 499 g/mol. The van der Waals surface area contributed by atoms with Crippen LogP contribution in [0.5, 0.6) is 5.75 Å². The molecule has 0 N–H and O–H groups in total. The van der Waals surface area contributed by atoms with Gasteiger partial charge in [-0.05, 0) is 75.5 Å². The molecule has 1 aliphatic heterocycles. The molecule has 5 atom stereocenters. The Morgan fingerprint density at radius 2 is 2.03 bits per heavy atom. The minimum atomic E-state index is -0.751. The molecule has 1 aliphatic carbocycles. The molecule has 1 saturated carbocycles. The van der Waals surface area contributed by atoms with Gasteiger partial charge in [0, 0.05) is 10.9 Å². The van der Waals surface area contributed by atoms with Crippen LogP contribution in [-0.4, -0.2) is 35.1 Å². The summed E-state index contributed by atoms with van der Waals surface area (Å²) in [5, 5.41) is 3.13. The molecular formula is C28H38N2O4S. The SMILES string of the molecule is CCCc1nc(-c2ccc3c(c2)N(C(C)C(=O)OC2CC(C)CCC2C(C)C)C(=O)C(C)O3)cs1. The highest BCUT2D eigenvalue weighted by molar-refractivity contribution is 7.09. The van der Waals surface area contributed by atoms with Crippen LogP contribution in [0.4, 0.5) is 5.69 Å². The lowest BCUT2D eigenvalue weighted by Crippen LogP contribution is -2.52. The summed E-state index contributed by atoms with van der Waals surface area (Å²) < 4.78 is 12.0. The van der Waals surface area contributed by atoms with E-state index in [4.69, 9.17) is 14.5 Å². The number of carbonyl (C=O) groups is 2. The fraction of sp³-hybridized carbons (Fsp3) is 0.607. The van der Waals surface area contributed by atoms with E-state index < -0.39 is 12.1 Å². The van der Waals surface area contributed by atoms with Gasteiger partial charge in [0.25, 0.3) is 5.91 Å². The van der Waals surface area contributed by atoms with E-state index in [0.717, 1.165) is 41.9 Å². The van der Waals surface area contributed by atoms with Crippen LogP contribution in [0.3, 0.4) is 0 Å².